The minimum absolute atomic E-state index is 0.0770. The van der Waals surface area contributed by atoms with Crippen molar-refractivity contribution < 1.29 is 18.4 Å². The molecule has 0 fully saturated rings. The quantitative estimate of drug-likeness (QED) is 0.705. The zero-order valence-electron chi connectivity index (χ0n) is 10.2. The summed E-state index contributed by atoms with van der Waals surface area (Å²) in [5, 5.41) is 11.1. The van der Waals surface area contributed by atoms with Gasteiger partial charge in [0.25, 0.3) is 10.0 Å². The Morgan fingerprint density at radius 2 is 1.83 bits per heavy atom. The molecule has 0 aliphatic rings. The standard InChI is InChI=1S/C11H16N2O4S/c1-8(2)7-11(14)12-9-3-5-10(6-4-9)18(16,17)13-15/h3-6,8,13,15H,7H2,1-2H3,(H,12,14). The van der Waals surface area contributed by atoms with Crippen LogP contribution in [0.3, 0.4) is 0 Å². The summed E-state index contributed by atoms with van der Waals surface area (Å²) in [6.45, 7) is 3.87. The Kier molecular flexibility index (Phi) is 4.83. The maximum Gasteiger partial charge on any atom is 0.262 e. The smallest absolute Gasteiger partial charge is 0.262 e. The van der Waals surface area contributed by atoms with Crippen molar-refractivity contribution in [1.82, 2.24) is 4.89 Å². The van der Waals surface area contributed by atoms with Gasteiger partial charge in [-0.05, 0) is 30.2 Å². The predicted molar refractivity (Wildman–Crippen MR) is 66.6 cm³/mol. The van der Waals surface area contributed by atoms with Crippen molar-refractivity contribution in [3.8, 4) is 0 Å². The summed E-state index contributed by atoms with van der Waals surface area (Å²) in [5.74, 6) is 0.129. The SMILES string of the molecule is CC(C)CC(=O)Nc1ccc(S(=O)(=O)NO)cc1. The Hall–Kier alpha value is -1.44. The normalized spacial score (nSPS) is 11.6. The van der Waals surface area contributed by atoms with E-state index in [1.165, 1.54) is 29.2 Å². The zero-order chi connectivity index (χ0) is 13.8. The highest BCUT2D eigenvalue weighted by molar-refractivity contribution is 7.89. The predicted octanol–water partition coefficient (Wildman–Crippen LogP) is 1.34. The van der Waals surface area contributed by atoms with Gasteiger partial charge < -0.3 is 10.5 Å². The second-order valence-corrected chi connectivity index (χ2v) is 5.93. The lowest BCUT2D eigenvalue weighted by Gasteiger charge is -2.08. The van der Waals surface area contributed by atoms with Crippen LogP contribution in [-0.2, 0) is 14.8 Å². The Morgan fingerprint density at radius 1 is 1.28 bits per heavy atom. The molecule has 0 spiro atoms. The maximum atomic E-state index is 11.5. The molecule has 0 atom stereocenters. The van der Waals surface area contributed by atoms with E-state index < -0.39 is 10.0 Å². The first-order valence-corrected chi connectivity index (χ1v) is 6.89. The number of nitrogens with one attached hydrogen (secondary N) is 2. The van der Waals surface area contributed by atoms with Gasteiger partial charge in [-0.1, -0.05) is 18.7 Å². The van der Waals surface area contributed by atoms with Crippen LogP contribution >= 0.6 is 0 Å². The number of amides is 1. The zero-order valence-corrected chi connectivity index (χ0v) is 11.0. The summed E-state index contributed by atoms with van der Waals surface area (Å²) in [6, 6.07) is 5.51. The molecule has 0 saturated carbocycles. The molecule has 1 amide bonds. The van der Waals surface area contributed by atoms with Crippen LogP contribution in [-0.4, -0.2) is 19.5 Å². The molecule has 3 N–H and O–H groups in total. The Labute approximate surface area is 106 Å². The summed E-state index contributed by atoms with van der Waals surface area (Å²) < 4.78 is 22.5. The summed E-state index contributed by atoms with van der Waals surface area (Å²) in [6.07, 6.45) is 0.401. The summed E-state index contributed by atoms with van der Waals surface area (Å²) in [4.78, 5) is 12.6. The minimum atomic E-state index is -3.87. The molecule has 0 aromatic heterocycles. The van der Waals surface area contributed by atoms with Gasteiger partial charge in [0.1, 0.15) is 0 Å². The lowest BCUT2D eigenvalue weighted by Crippen LogP contribution is -2.19. The average molecular weight is 272 g/mol. The Morgan fingerprint density at radius 3 is 2.28 bits per heavy atom. The second kappa shape index (κ2) is 5.94. The number of anilines is 1. The molecule has 0 aliphatic heterocycles. The fraction of sp³-hybridized carbons (Fsp3) is 0.364. The first-order chi connectivity index (χ1) is 8.35. The van der Waals surface area contributed by atoms with E-state index in [1.54, 1.807) is 0 Å². The van der Waals surface area contributed by atoms with E-state index in [1.807, 2.05) is 13.8 Å². The number of benzene rings is 1. The van der Waals surface area contributed by atoms with Gasteiger partial charge in [0.2, 0.25) is 5.91 Å². The number of rotatable bonds is 5. The molecule has 0 unspecified atom stereocenters. The van der Waals surface area contributed by atoms with Gasteiger partial charge in [0.05, 0.1) is 4.90 Å². The summed E-state index contributed by atoms with van der Waals surface area (Å²) in [7, 11) is -3.87. The highest BCUT2D eigenvalue weighted by atomic mass is 32.2. The van der Waals surface area contributed by atoms with Gasteiger partial charge in [-0.3, -0.25) is 4.79 Å². The lowest BCUT2D eigenvalue weighted by molar-refractivity contribution is -0.116. The molecule has 1 aromatic carbocycles. The lowest BCUT2D eigenvalue weighted by atomic mass is 10.1. The van der Waals surface area contributed by atoms with Crippen LogP contribution in [0.4, 0.5) is 5.69 Å². The van der Waals surface area contributed by atoms with Gasteiger partial charge in [-0.2, -0.15) is 0 Å². The van der Waals surface area contributed by atoms with E-state index in [-0.39, 0.29) is 16.7 Å². The van der Waals surface area contributed by atoms with Crippen molar-refractivity contribution >= 4 is 21.6 Å². The van der Waals surface area contributed by atoms with Gasteiger partial charge in [0.15, 0.2) is 0 Å². The van der Waals surface area contributed by atoms with Crippen molar-refractivity contribution in [2.24, 2.45) is 5.92 Å². The molecule has 0 bridgehead atoms. The first kappa shape index (κ1) is 14.6. The van der Waals surface area contributed by atoms with E-state index in [9.17, 15) is 13.2 Å². The van der Waals surface area contributed by atoms with Gasteiger partial charge in [-0.15, -0.1) is 0 Å². The topological polar surface area (TPSA) is 95.5 Å². The molecule has 1 aromatic rings. The molecule has 0 heterocycles. The molecule has 0 radical (unpaired) electrons. The van der Waals surface area contributed by atoms with Crippen LogP contribution in [0.1, 0.15) is 20.3 Å². The number of carbonyl (C=O) groups is 1. The molecule has 18 heavy (non-hydrogen) atoms. The van der Waals surface area contributed by atoms with Crippen molar-refractivity contribution in [3.63, 3.8) is 0 Å². The van der Waals surface area contributed by atoms with Gasteiger partial charge in [-0.25, -0.2) is 8.42 Å². The fourth-order valence-electron chi connectivity index (χ4n) is 1.35. The molecule has 0 aliphatic carbocycles. The van der Waals surface area contributed by atoms with Crippen molar-refractivity contribution in [2.45, 2.75) is 25.2 Å². The third kappa shape index (κ3) is 4.10. The van der Waals surface area contributed by atoms with E-state index in [0.29, 0.717) is 12.1 Å². The van der Waals surface area contributed by atoms with Crippen molar-refractivity contribution in [2.75, 3.05) is 5.32 Å². The molecule has 6 nitrogen and oxygen atoms in total. The van der Waals surface area contributed by atoms with E-state index in [4.69, 9.17) is 5.21 Å². The van der Waals surface area contributed by atoms with Crippen LogP contribution in [0, 0.1) is 5.92 Å². The molecule has 0 saturated heterocycles. The number of carbonyl (C=O) groups excluding carboxylic acids is 1. The Balaban J connectivity index is 2.75. The van der Waals surface area contributed by atoms with Crippen LogP contribution in [0.5, 0.6) is 0 Å². The minimum Gasteiger partial charge on any atom is -0.326 e. The summed E-state index contributed by atoms with van der Waals surface area (Å²) in [5.41, 5.74) is 0.512. The molecule has 100 valence electrons. The molecular formula is C11H16N2O4S. The van der Waals surface area contributed by atoms with Crippen LogP contribution < -0.4 is 10.2 Å². The van der Waals surface area contributed by atoms with Gasteiger partial charge >= 0.3 is 0 Å². The fourth-order valence-corrected chi connectivity index (χ4v) is 1.95. The number of hydrogen-bond donors (Lipinski definition) is 3. The summed E-state index contributed by atoms with van der Waals surface area (Å²) >= 11 is 0. The van der Waals surface area contributed by atoms with Crippen LogP contribution in [0.25, 0.3) is 0 Å². The third-order valence-electron chi connectivity index (χ3n) is 2.16. The highest BCUT2D eigenvalue weighted by Gasteiger charge is 2.12. The second-order valence-electron chi connectivity index (χ2n) is 4.27. The van der Waals surface area contributed by atoms with Gasteiger partial charge in [0, 0.05) is 12.1 Å². The number of hydrogen-bond acceptors (Lipinski definition) is 4. The highest BCUT2D eigenvalue weighted by Crippen LogP contribution is 2.14. The van der Waals surface area contributed by atoms with E-state index in [0.717, 1.165) is 0 Å². The largest absolute Gasteiger partial charge is 0.326 e. The Bertz CT molecular complexity index is 508. The van der Waals surface area contributed by atoms with E-state index in [2.05, 4.69) is 5.32 Å². The van der Waals surface area contributed by atoms with Crippen LogP contribution in [0.15, 0.2) is 29.2 Å². The maximum absolute atomic E-state index is 11.5. The monoisotopic (exact) mass is 272 g/mol. The average Bonchev–Trinajstić information content (AvgIpc) is 2.28. The third-order valence-corrected chi connectivity index (χ3v) is 3.30. The van der Waals surface area contributed by atoms with Crippen LogP contribution in [0.2, 0.25) is 0 Å². The molecule has 1 rings (SSSR count). The van der Waals surface area contributed by atoms with Crippen molar-refractivity contribution in [3.05, 3.63) is 24.3 Å². The molecular weight excluding hydrogens is 256 g/mol. The first-order valence-electron chi connectivity index (χ1n) is 5.41. The molecule has 7 heteroatoms. The van der Waals surface area contributed by atoms with Crippen molar-refractivity contribution in [1.29, 1.82) is 0 Å². The number of sulfonamides is 1. The van der Waals surface area contributed by atoms with E-state index >= 15 is 0 Å².